The first-order valence-corrected chi connectivity index (χ1v) is 9.95. The second-order valence-corrected chi connectivity index (χ2v) is 7.46. The Kier molecular flexibility index (Phi) is 4.74. The van der Waals surface area contributed by atoms with Crippen LogP contribution in [0.2, 0.25) is 0 Å². The Morgan fingerprint density at radius 3 is 2.63 bits per heavy atom. The third-order valence-electron chi connectivity index (χ3n) is 5.43. The number of rotatable bonds is 4. The summed E-state index contributed by atoms with van der Waals surface area (Å²) in [5.41, 5.74) is 3.60. The second kappa shape index (κ2) is 7.70. The first-order chi connectivity index (χ1) is 14.7. The molecule has 152 valence electrons. The number of hydrogen-bond acceptors (Lipinski definition) is 6. The summed E-state index contributed by atoms with van der Waals surface area (Å²) in [6.07, 6.45) is 5.18. The van der Waals surface area contributed by atoms with E-state index in [2.05, 4.69) is 20.4 Å². The largest absolute Gasteiger partial charge is 0.507 e. The lowest BCUT2D eigenvalue weighted by Gasteiger charge is -2.25. The Morgan fingerprint density at radius 2 is 1.83 bits per heavy atom. The molecule has 0 saturated heterocycles. The van der Waals surface area contributed by atoms with Crippen LogP contribution in [0.4, 0.5) is 4.39 Å². The van der Waals surface area contributed by atoms with E-state index in [9.17, 15) is 9.50 Å². The summed E-state index contributed by atoms with van der Waals surface area (Å²) in [4.78, 5) is 0. The number of aromatic nitrogens is 5. The third-order valence-corrected chi connectivity index (χ3v) is 5.43. The van der Waals surface area contributed by atoms with E-state index in [0.29, 0.717) is 30.0 Å². The van der Waals surface area contributed by atoms with Crippen LogP contribution in [0.1, 0.15) is 25.7 Å². The predicted molar refractivity (Wildman–Crippen MR) is 109 cm³/mol. The number of alkyl halides is 1. The highest BCUT2D eigenvalue weighted by molar-refractivity contribution is 5.74. The quantitative estimate of drug-likeness (QED) is 0.547. The number of fused-ring (bicyclic) bond motifs is 1. The molecule has 0 spiro atoms. The first-order valence-electron chi connectivity index (χ1n) is 9.95. The summed E-state index contributed by atoms with van der Waals surface area (Å²) in [7, 11) is 0. The zero-order valence-electron chi connectivity index (χ0n) is 16.1. The van der Waals surface area contributed by atoms with Crippen LogP contribution in [0, 0.1) is 0 Å². The standard InChI is InChI=1S/C22H20FN5O2/c23-17-3-1-2-4-20(17)30-22-10-8-18(25-27-22)16-7-5-14(11-19(16)29)15-6-9-21-26-24-13-28(21)12-15/h5-13,17,20,29H,1-4H2/t17-,20+/m1/s1. The average Bonchev–Trinajstić information content (AvgIpc) is 3.24. The van der Waals surface area contributed by atoms with Gasteiger partial charge in [-0.3, -0.25) is 4.40 Å². The Balaban J connectivity index is 1.36. The summed E-state index contributed by atoms with van der Waals surface area (Å²) >= 11 is 0. The topological polar surface area (TPSA) is 85.4 Å². The number of phenolic OH excluding ortho intramolecular Hbond substituents is 1. The predicted octanol–water partition coefficient (Wildman–Crippen LogP) is 4.22. The molecule has 1 aliphatic rings. The normalized spacial score (nSPS) is 19.1. The van der Waals surface area contributed by atoms with Crippen molar-refractivity contribution in [2.45, 2.75) is 38.0 Å². The van der Waals surface area contributed by atoms with Gasteiger partial charge in [-0.05, 0) is 60.7 Å². The number of benzene rings is 1. The minimum Gasteiger partial charge on any atom is -0.507 e. The molecular formula is C22H20FN5O2. The fourth-order valence-corrected chi connectivity index (χ4v) is 3.79. The molecule has 0 aliphatic heterocycles. The van der Waals surface area contributed by atoms with E-state index in [-0.39, 0.29) is 5.75 Å². The van der Waals surface area contributed by atoms with E-state index in [1.807, 2.05) is 28.8 Å². The lowest BCUT2D eigenvalue weighted by atomic mass is 9.96. The van der Waals surface area contributed by atoms with Crippen LogP contribution >= 0.6 is 0 Å². The van der Waals surface area contributed by atoms with Crippen molar-refractivity contribution in [2.24, 2.45) is 0 Å². The Hall–Kier alpha value is -3.55. The molecular weight excluding hydrogens is 385 g/mol. The molecule has 0 amide bonds. The van der Waals surface area contributed by atoms with Gasteiger partial charge in [0.2, 0.25) is 5.88 Å². The molecule has 1 fully saturated rings. The molecule has 8 heteroatoms. The number of nitrogens with zero attached hydrogens (tertiary/aromatic N) is 5. The summed E-state index contributed by atoms with van der Waals surface area (Å²) < 4.78 is 21.5. The summed E-state index contributed by atoms with van der Waals surface area (Å²) in [6.45, 7) is 0. The highest BCUT2D eigenvalue weighted by Gasteiger charge is 2.26. The Labute approximate surface area is 172 Å². The molecule has 7 nitrogen and oxygen atoms in total. The van der Waals surface area contributed by atoms with Gasteiger partial charge >= 0.3 is 0 Å². The van der Waals surface area contributed by atoms with E-state index in [1.54, 1.807) is 30.6 Å². The monoisotopic (exact) mass is 405 g/mol. The number of hydrogen-bond donors (Lipinski definition) is 1. The smallest absolute Gasteiger partial charge is 0.233 e. The van der Waals surface area contributed by atoms with Gasteiger partial charge in [-0.2, -0.15) is 0 Å². The summed E-state index contributed by atoms with van der Waals surface area (Å²) in [5, 5.41) is 26.7. The Bertz CT molecular complexity index is 1180. The molecule has 1 aromatic carbocycles. The maximum atomic E-state index is 14.0. The van der Waals surface area contributed by atoms with Crippen LogP contribution in [0.3, 0.4) is 0 Å². The van der Waals surface area contributed by atoms with Gasteiger partial charge in [0.25, 0.3) is 0 Å². The zero-order valence-corrected chi connectivity index (χ0v) is 16.1. The maximum Gasteiger partial charge on any atom is 0.233 e. The molecule has 2 atom stereocenters. The summed E-state index contributed by atoms with van der Waals surface area (Å²) in [6, 6.07) is 12.6. The Morgan fingerprint density at radius 1 is 0.967 bits per heavy atom. The lowest BCUT2D eigenvalue weighted by molar-refractivity contribution is 0.0594. The van der Waals surface area contributed by atoms with E-state index in [1.165, 1.54) is 0 Å². The van der Waals surface area contributed by atoms with E-state index in [4.69, 9.17) is 4.74 Å². The van der Waals surface area contributed by atoms with Crippen LogP contribution in [-0.2, 0) is 0 Å². The SMILES string of the molecule is Oc1cc(-c2ccc3nncn3c2)ccc1-c1ccc(O[C@H]2CCCC[C@H]2F)nn1. The molecule has 1 aliphatic carbocycles. The van der Waals surface area contributed by atoms with E-state index < -0.39 is 12.3 Å². The van der Waals surface area contributed by atoms with Crippen LogP contribution in [0.15, 0.2) is 55.0 Å². The molecule has 0 bridgehead atoms. The molecule has 0 radical (unpaired) electrons. The first kappa shape index (κ1) is 18.5. The van der Waals surface area contributed by atoms with Crippen molar-refractivity contribution >= 4 is 5.65 Å². The minimum absolute atomic E-state index is 0.0930. The van der Waals surface area contributed by atoms with Gasteiger partial charge in [-0.1, -0.05) is 12.5 Å². The van der Waals surface area contributed by atoms with Gasteiger partial charge in [0, 0.05) is 17.8 Å². The number of pyridine rings is 1. The molecule has 1 N–H and O–H groups in total. The van der Waals surface area contributed by atoms with Crippen molar-refractivity contribution in [1.82, 2.24) is 24.8 Å². The highest BCUT2D eigenvalue weighted by Crippen LogP contribution is 2.33. The van der Waals surface area contributed by atoms with Crippen molar-refractivity contribution in [3.63, 3.8) is 0 Å². The summed E-state index contributed by atoms with van der Waals surface area (Å²) in [5.74, 6) is 0.391. The number of aromatic hydroxyl groups is 1. The van der Waals surface area contributed by atoms with Crippen molar-refractivity contribution in [2.75, 3.05) is 0 Å². The molecule has 1 saturated carbocycles. The minimum atomic E-state index is -0.964. The van der Waals surface area contributed by atoms with Gasteiger partial charge in [-0.15, -0.1) is 20.4 Å². The van der Waals surface area contributed by atoms with E-state index in [0.717, 1.165) is 29.6 Å². The van der Waals surface area contributed by atoms with Crippen LogP contribution in [0.5, 0.6) is 11.6 Å². The van der Waals surface area contributed by atoms with Gasteiger partial charge in [-0.25, -0.2) is 4.39 Å². The number of halogens is 1. The van der Waals surface area contributed by atoms with E-state index >= 15 is 0 Å². The molecule has 0 unspecified atom stereocenters. The fraction of sp³-hybridized carbons (Fsp3) is 0.273. The third kappa shape index (κ3) is 3.56. The second-order valence-electron chi connectivity index (χ2n) is 7.46. The molecule has 30 heavy (non-hydrogen) atoms. The van der Waals surface area contributed by atoms with Gasteiger partial charge < -0.3 is 9.84 Å². The number of ether oxygens (including phenoxy) is 1. The van der Waals surface area contributed by atoms with Crippen LogP contribution in [-0.4, -0.2) is 42.2 Å². The van der Waals surface area contributed by atoms with Gasteiger partial charge in [0.1, 0.15) is 24.4 Å². The average molecular weight is 405 g/mol. The van der Waals surface area contributed by atoms with Gasteiger partial charge in [0.05, 0.1) is 5.69 Å². The van der Waals surface area contributed by atoms with Crippen molar-refractivity contribution in [1.29, 1.82) is 0 Å². The fourth-order valence-electron chi connectivity index (χ4n) is 3.79. The van der Waals surface area contributed by atoms with Crippen molar-refractivity contribution in [3.8, 4) is 34.0 Å². The molecule has 3 heterocycles. The lowest BCUT2D eigenvalue weighted by Crippen LogP contribution is -2.32. The number of phenols is 1. The van der Waals surface area contributed by atoms with Gasteiger partial charge in [0.15, 0.2) is 5.65 Å². The molecule has 5 rings (SSSR count). The molecule has 4 aromatic rings. The molecule has 3 aromatic heterocycles. The highest BCUT2D eigenvalue weighted by atomic mass is 19.1. The van der Waals surface area contributed by atoms with Crippen LogP contribution < -0.4 is 4.74 Å². The van der Waals surface area contributed by atoms with Crippen LogP contribution in [0.25, 0.3) is 28.0 Å². The maximum absolute atomic E-state index is 14.0. The van der Waals surface area contributed by atoms with Crippen molar-refractivity contribution < 1.29 is 14.2 Å². The zero-order chi connectivity index (χ0) is 20.5. The van der Waals surface area contributed by atoms with Crippen molar-refractivity contribution in [3.05, 3.63) is 55.0 Å².